The number of aromatic nitrogens is 1. The quantitative estimate of drug-likeness (QED) is 0.706. The highest BCUT2D eigenvalue weighted by atomic mass is 35.5. The van der Waals surface area contributed by atoms with Gasteiger partial charge < -0.3 is 0 Å². The predicted molar refractivity (Wildman–Crippen MR) is 70.2 cm³/mol. The van der Waals surface area contributed by atoms with Crippen LogP contribution in [0.1, 0.15) is 31.0 Å². The molecular weight excluding hydrogens is 218 g/mol. The topological polar surface area (TPSA) is 12.9 Å². The van der Waals surface area contributed by atoms with Crippen molar-refractivity contribution in [3.8, 4) is 0 Å². The number of aryl methyl sites for hydroxylation is 1. The monoisotopic (exact) mass is 233 g/mol. The molecule has 1 heterocycles. The maximum atomic E-state index is 6.20. The van der Waals surface area contributed by atoms with Gasteiger partial charge in [0.15, 0.2) is 0 Å². The summed E-state index contributed by atoms with van der Waals surface area (Å²) < 4.78 is 0. The molecule has 0 saturated carbocycles. The number of halogens is 1. The van der Waals surface area contributed by atoms with E-state index in [0.29, 0.717) is 5.92 Å². The van der Waals surface area contributed by atoms with Crippen LogP contribution in [0.2, 0.25) is 0 Å². The molecule has 2 atom stereocenters. The van der Waals surface area contributed by atoms with E-state index in [0.717, 1.165) is 11.2 Å². The lowest BCUT2D eigenvalue weighted by Crippen LogP contribution is -2.06. The highest BCUT2D eigenvalue weighted by molar-refractivity contribution is 6.21. The lowest BCUT2D eigenvalue weighted by Gasteiger charge is -2.17. The van der Waals surface area contributed by atoms with E-state index < -0.39 is 0 Å². The van der Waals surface area contributed by atoms with Crippen LogP contribution in [-0.4, -0.2) is 10.4 Å². The van der Waals surface area contributed by atoms with Gasteiger partial charge in [0.05, 0.1) is 5.52 Å². The van der Waals surface area contributed by atoms with E-state index in [1.165, 1.54) is 10.9 Å². The van der Waals surface area contributed by atoms with Crippen LogP contribution in [0.25, 0.3) is 10.9 Å². The SMILES string of the molecule is Cc1cc(C(C)C(C)Cl)c2ccccc2n1. The summed E-state index contributed by atoms with van der Waals surface area (Å²) in [6.45, 7) is 6.23. The fourth-order valence-electron chi connectivity index (χ4n) is 1.96. The zero-order valence-corrected chi connectivity index (χ0v) is 10.6. The number of benzene rings is 1. The molecule has 0 fully saturated rings. The second-order valence-corrected chi connectivity index (χ2v) is 5.02. The fraction of sp³-hybridized carbons (Fsp3) is 0.357. The summed E-state index contributed by atoms with van der Waals surface area (Å²) in [7, 11) is 0. The average Bonchev–Trinajstić information content (AvgIpc) is 2.26. The zero-order valence-electron chi connectivity index (χ0n) is 9.87. The van der Waals surface area contributed by atoms with Crippen LogP contribution >= 0.6 is 11.6 Å². The van der Waals surface area contributed by atoms with Crippen molar-refractivity contribution in [3.05, 3.63) is 41.6 Å². The summed E-state index contributed by atoms with van der Waals surface area (Å²) in [4.78, 5) is 4.53. The van der Waals surface area contributed by atoms with Crippen molar-refractivity contribution in [1.82, 2.24) is 4.98 Å². The van der Waals surface area contributed by atoms with Crippen molar-refractivity contribution in [1.29, 1.82) is 0 Å². The van der Waals surface area contributed by atoms with E-state index in [9.17, 15) is 0 Å². The fourth-order valence-corrected chi connectivity index (χ4v) is 2.10. The minimum absolute atomic E-state index is 0.130. The maximum Gasteiger partial charge on any atom is 0.0708 e. The Morgan fingerprint density at radius 1 is 1.19 bits per heavy atom. The molecule has 0 aliphatic carbocycles. The molecule has 0 amide bonds. The van der Waals surface area contributed by atoms with Gasteiger partial charge in [-0.05, 0) is 37.5 Å². The van der Waals surface area contributed by atoms with Gasteiger partial charge in [0.25, 0.3) is 0 Å². The number of para-hydroxylation sites is 1. The normalized spacial score (nSPS) is 15.0. The molecule has 0 bridgehead atoms. The van der Waals surface area contributed by atoms with Crippen molar-refractivity contribution in [2.24, 2.45) is 0 Å². The molecule has 2 unspecified atom stereocenters. The Morgan fingerprint density at radius 3 is 2.56 bits per heavy atom. The Kier molecular flexibility index (Phi) is 3.15. The van der Waals surface area contributed by atoms with E-state index in [1.807, 2.05) is 19.9 Å². The van der Waals surface area contributed by atoms with Crippen LogP contribution in [-0.2, 0) is 0 Å². The first kappa shape index (κ1) is 11.4. The smallest absolute Gasteiger partial charge is 0.0708 e. The number of rotatable bonds is 2. The zero-order chi connectivity index (χ0) is 11.7. The molecule has 0 spiro atoms. The van der Waals surface area contributed by atoms with Gasteiger partial charge in [-0.3, -0.25) is 4.98 Å². The van der Waals surface area contributed by atoms with Crippen LogP contribution < -0.4 is 0 Å². The van der Waals surface area contributed by atoms with Crippen molar-refractivity contribution < 1.29 is 0 Å². The molecular formula is C14H16ClN. The van der Waals surface area contributed by atoms with Crippen molar-refractivity contribution in [3.63, 3.8) is 0 Å². The molecule has 2 rings (SSSR count). The molecule has 0 saturated heterocycles. The van der Waals surface area contributed by atoms with E-state index >= 15 is 0 Å². The third-order valence-electron chi connectivity index (χ3n) is 3.06. The summed E-state index contributed by atoms with van der Waals surface area (Å²) in [5, 5.41) is 1.35. The van der Waals surface area contributed by atoms with Crippen molar-refractivity contribution in [2.75, 3.05) is 0 Å². The molecule has 0 N–H and O–H groups in total. The molecule has 1 aromatic carbocycles. The highest BCUT2D eigenvalue weighted by Crippen LogP contribution is 2.29. The summed E-state index contributed by atoms with van der Waals surface area (Å²) in [6.07, 6.45) is 0. The van der Waals surface area contributed by atoms with Crippen LogP contribution in [0.3, 0.4) is 0 Å². The molecule has 2 aromatic rings. The second kappa shape index (κ2) is 4.42. The molecule has 1 aromatic heterocycles. The Bertz CT molecular complexity index is 505. The van der Waals surface area contributed by atoms with Crippen molar-refractivity contribution in [2.45, 2.75) is 32.1 Å². The molecule has 84 valence electrons. The summed E-state index contributed by atoms with van der Waals surface area (Å²) in [5.74, 6) is 0.341. The minimum atomic E-state index is 0.130. The third-order valence-corrected chi connectivity index (χ3v) is 3.43. The molecule has 0 aliphatic rings. The Hall–Kier alpha value is -1.08. The van der Waals surface area contributed by atoms with E-state index in [2.05, 4.69) is 36.2 Å². The van der Waals surface area contributed by atoms with Gasteiger partial charge >= 0.3 is 0 Å². The average molecular weight is 234 g/mol. The Balaban J connectivity index is 2.67. The first-order chi connectivity index (χ1) is 7.59. The molecule has 0 radical (unpaired) electrons. The number of pyridine rings is 1. The summed E-state index contributed by atoms with van der Waals surface area (Å²) >= 11 is 6.20. The largest absolute Gasteiger partial charge is 0.253 e. The van der Waals surface area contributed by atoms with Gasteiger partial charge in [-0.25, -0.2) is 0 Å². The minimum Gasteiger partial charge on any atom is -0.253 e. The van der Waals surface area contributed by atoms with Gasteiger partial charge in [-0.15, -0.1) is 11.6 Å². The molecule has 0 aliphatic heterocycles. The van der Waals surface area contributed by atoms with Gasteiger partial charge in [0.2, 0.25) is 0 Å². The summed E-state index contributed by atoms with van der Waals surface area (Å²) in [5.41, 5.74) is 3.41. The number of nitrogens with zero attached hydrogens (tertiary/aromatic N) is 1. The Labute approximate surface area is 101 Å². The summed E-state index contributed by atoms with van der Waals surface area (Å²) in [6, 6.07) is 10.4. The lowest BCUT2D eigenvalue weighted by atomic mass is 9.94. The first-order valence-electron chi connectivity index (χ1n) is 5.60. The highest BCUT2D eigenvalue weighted by Gasteiger charge is 2.15. The number of hydrogen-bond acceptors (Lipinski definition) is 1. The second-order valence-electron chi connectivity index (χ2n) is 4.34. The molecule has 2 heteroatoms. The van der Waals surface area contributed by atoms with Crippen LogP contribution in [0.4, 0.5) is 0 Å². The molecule has 16 heavy (non-hydrogen) atoms. The standard InChI is InChI=1S/C14H16ClN/c1-9-8-13(10(2)11(3)15)12-6-4-5-7-14(12)16-9/h4-8,10-11H,1-3H3. The third kappa shape index (κ3) is 2.05. The van der Waals surface area contributed by atoms with Crippen LogP contribution in [0.15, 0.2) is 30.3 Å². The number of hydrogen-bond donors (Lipinski definition) is 0. The predicted octanol–water partition coefficient (Wildman–Crippen LogP) is 4.27. The Morgan fingerprint density at radius 2 is 1.88 bits per heavy atom. The van der Waals surface area contributed by atoms with Crippen molar-refractivity contribution >= 4 is 22.5 Å². The van der Waals surface area contributed by atoms with Gasteiger partial charge in [0, 0.05) is 16.5 Å². The first-order valence-corrected chi connectivity index (χ1v) is 6.03. The number of fused-ring (bicyclic) bond motifs is 1. The lowest BCUT2D eigenvalue weighted by molar-refractivity contribution is 0.746. The maximum absolute atomic E-state index is 6.20. The van der Waals surface area contributed by atoms with Crippen LogP contribution in [0.5, 0.6) is 0 Å². The molecule has 1 nitrogen and oxygen atoms in total. The van der Waals surface area contributed by atoms with E-state index in [4.69, 9.17) is 11.6 Å². The van der Waals surface area contributed by atoms with Crippen LogP contribution in [0, 0.1) is 6.92 Å². The number of alkyl halides is 1. The van der Waals surface area contributed by atoms with E-state index in [-0.39, 0.29) is 5.38 Å². The van der Waals surface area contributed by atoms with Gasteiger partial charge in [0.1, 0.15) is 0 Å². The van der Waals surface area contributed by atoms with E-state index in [1.54, 1.807) is 0 Å². The van der Waals surface area contributed by atoms with Gasteiger partial charge in [-0.2, -0.15) is 0 Å². The van der Waals surface area contributed by atoms with Gasteiger partial charge in [-0.1, -0.05) is 25.1 Å².